The Morgan fingerprint density at radius 3 is 1.70 bits per heavy atom. The Labute approximate surface area is 350 Å². The normalized spacial score (nSPS) is 16.2. The summed E-state index contributed by atoms with van der Waals surface area (Å²) in [6.07, 6.45) is 4.48. The molecule has 2 saturated heterocycles. The van der Waals surface area contributed by atoms with E-state index in [1.54, 1.807) is 8.61 Å². The number of anilines is 2. The zero-order valence-corrected chi connectivity index (χ0v) is 36.3. The van der Waals surface area contributed by atoms with Crippen LogP contribution in [-0.2, 0) is 32.9 Å². The van der Waals surface area contributed by atoms with E-state index in [0.29, 0.717) is 76.6 Å². The van der Waals surface area contributed by atoms with Gasteiger partial charge in [-0.25, -0.2) is 26.8 Å². The number of hydrogen-bond donors (Lipinski definition) is 0. The molecule has 0 bridgehead atoms. The fourth-order valence-corrected chi connectivity index (χ4v) is 11.5. The summed E-state index contributed by atoms with van der Waals surface area (Å²) in [4.78, 5) is 13.5. The Bertz CT molecular complexity index is 2260. The first-order valence-electron chi connectivity index (χ1n) is 19.0. The highest BCUT2D eigenvalue weighted by Crippen LogP contribution is 2.29. The molecule has 0 N–H and O–H groups in total. The monoisotopic (exact) mass is 868 g/mol. The van der Waals surface area contributed by atoms with Crippen molar-refractivity contribution >= 4 is 65.0 Å². The van der Waals surface area contributed by atoms with Gasteiger partial charge in [0.1, 0.15) is 16.9 Å². The van der Waals surface area contributed by atoms with Crippen molar-refractivity contribution in [2.24, 2.45) is 0 Å². The first-order chi connectivity index (χ1) is 27.4. The van der Waals surface area contributed by atoms with E-state index < -0.39 is 25.3 Å². The summed E-state index contributed by atoms with van der Waals surface area (Å²) in [7, 11) is -6.64. The molecule has 0 aliphatic carbocycles. The first-order valence-corrected chi connectivity index (χ1v) is 24.1. The molecule has 4 heterocycles. The maximum absolute atomic E-state index is 13.2. The number of rotatable bonds is 14. The average Bonchev–Trinajstić information content (AvgIpc) is 3.90. The lowest BCUT2D eigenvalue weighted by Gasteiger charge is -2.35. The molecule has 2 fully saturated rings. The van der Waals surface area contributed by atoms with Crippen molar-refractivity contribution in [3.63, 3.8) is 0 Å². The third-order valence-corrected chi connectivity index (χ3v) is 15.9. The number of hydrogen-bond acceptors (Lipinski definition) is 12. The molecule has 2 aliphatic heterocycles. The Balaban J connectivity index is 0.000000196. The van der Waals surface area contributed by atoms with E-state index in [4.69, 9.17) is 11.6 Å². The molecular formula is C40H49ClN8O4S4. The van der Waals surface area contributed by atoms with Gasteiger partial charge in [-0.1, -0.05) is 103 Å². The second-order valence-corrected chi connectivity index (χ2v) is 20.0. The quantitative estimate of drug-likeness (QED) is 0.109. The number of unbranched alkanes of at least 4 members (excludes halogenated alkanes) is 1. The van der Waals surface area contributed by atoms with Gasteiger partial charge in [0, 0.05) is 93.3 Å². The number of nitrogens with zero attached hydrogens (tertiary/aromatic N) is 8. The lowest BCUT2D eigenvalue weighted by molar-refractivity contribution is 0.382. The molecule has 57 heavy (non-hydrogen) atoms. The lowest BCUT2D eigenvalue weighted by atomic mass is 10.1. The van der Waals surface area contributed by atoms with Gasteiger partial charge in [-0.15, -0.1) is 6.58 Å². The van der Waals surface area contributed by atoms with Crippen LogP contribution in [0.25, 0.3) is 0 Å². The van der Waals surface area contributed by atoms with E-state index in [1.807, 2.05) is 61.5 Å². The fourth-order valence-electron chi connectivity index (χ4n) is 6.54. The Hall–Kier alpha value is -3.77. The van der Waals surface area contributed by atoms with Crippen LogP contribution in [0.3, 0.4) is 0 Å². The third-order valence-electron chi connectivity index (χ3n) is 9.86. The van der Waals surface area contributed by atoms with Crippen molar-refractivity contribution < 1.29 is 16.8 Å². The van der Waals surface area contributed by atoms with Gasteiger partial charge < -0.3 is 9.80 Å². The van der Waals surface area contributed by atoms with Crippen molar-refractivity contribution in [2.45, 2.75) is 44.8 Å². The van der Waals surface area contributed by atoms with Crippen molar-refractivity contribution in [2.75, 3.05) is 67.9 Å². The molecule has 1 atom stereocenters. The van der Waals surface area contributed by atoms with Gasteiger partial charge >= 0.3 is 0 Å². The topological polar surface area (TPSA) is 133 Å². The molecule has 1 unspecified atom stereocenters. The van der Waals surface area contributed by atoms with Crippen molar-refractivity contribution in [1.82, 2.24) is 27.3 Å². The smallest absolute Gasteiger partial charge is 0.224 e. The predicted molar refractivity (Wildman–Crippen MR) is 233 cm³/mol. The van der Waals surface area contributed by atoms with Crippen molar-refractivity contribution in [3.8, 4) is 0 Å². The molecule has 0 radical (unpaired) electrons. The molecule has 12 nitrogen and oxygen atoms in total. The van der Waals surface area contributed by atoms with Crippen LogP contribution in [-0.4, -0.2) is 102 Å². The van der Waals surface area contributed by atoms with Gasteiger partial charge in [-0.2, -0.15) is 17.4 Å². The number of benzene rings is 3. The lowest BCUT2D eigenvalue weighted by Crippen LogP contribution is -2.49. The van der Waals surface area contributed by atoms with Crippen LogP contribution in [0.2, 0.25) is 5.02 Å². The van der Waals surface area contributed by atoms with Crippen molar-refractivity contribution in [1.29, 1.82) is 0 Å². The van der Waals surface area contributed by atoms with Crippen LogP contribution in [0.4, 0.5) is 10.3 Å². The molecule has 304 valence electrons. The van der Waals surface area contributed by atoms with Gasteiger partial charge in [0.05, 0.1) is 5.75 Å². The van der Waals surface area contributed by atoms with Crippen LogP contribution < -0.4 is 9.80 Å². The number of aryl methyl sites for hydroxylation is 1. The summed E-state index contributed by atoms with van der Waals surface area (Å²) < 4.78 is 63.1. The van der Waals surface area contributed by atoms with E-state index in [0.717, 1.165) is 39.5 Å². The largest absolute Gasteiger partial charge is 0.344 e. The van der Waals surface area contributed by atoms with Crippen LogP contribution in [0.1, 0.15) is 58.9 Å². The Morgan fingerprint density at radius 1 is 0.719 bits per heavy atom. The Morgan fingerprint density at radius 2 is 1.21 bits per heavy atom. The van der Waals surface area contributed by atoms with Crippen LogP contribution >= 0.6 is 34.7 Å². The standard InChI is InChI=1S/C23H26N4O2S2.C17H23ClN4O2S2/c1-3-21(20-7-5-4-6-8-20)31(28,29)27-15-13-26(14-16-27)23-24-22(25-30-23)17-19-11-9-18(2)10-12-19;1-2-3-12-26(23,24)22-10-8-21(9-11-22)17-19-16(20-25-17)13-14-4-6-15(18)7-5-14/h3-12,21H,1,13-17H2,2H3;4-7H,2-3,8-13H2,1H3. The van der Waals surface area contributed by atoms with E-state index in [2.05, 4.69) is 66.3 Å². The minimum Gasteiger partial charge on any atom is -0.344 e. The molecule has 7 rings (SSSR count). The van der Waals surface area contributed by atoms with Gasteiger partial charge in [0.2, 0.25) is 30.3 Å². The average molecular weight is 870 g/mol. The highest BCUT2D eigenvalue weighted by Gasteiger charge is 2.34. The summed E-state index contributed by atoms with van der Waals surface area (Å²) in [6, 6.07) is 25.3. The zero-order chi connectivity index (χ0) is 40.4. The first kappa shape index (κ1) is 42.8. The van der Waals surface area contributed by atoms with E-state index in [-0.39, 0.29) is 5.75 Å². The molecule has 0 spiro atoms. The molecule has 2 aromatic heterocycles. The maximum Gasteiger partial charge on any atom is 0.224 e. The minimum absolute atomic E-state index is 0.244. The maximum atomic E-state index is 13.2. The second-order valence-electron chi connectivity index (χ2n) is 14.0. The molecule has 17 heteroatoms. The van der Waals surface area contributed by atoms with Crippen molar-refractivity contribution in [3.05, 3.63) is 130 Å². The highest BCUT2D eigenvalue weighted by molar-refractivity contribution is 7.89. The molecule has 2 aliphatic rings. The molecular weight excluding hydrogens is 820 g/mol. The van der Waals surface area contributed by atoms with Gasteiger partial charge in [0.25, 0.3) is 0 Å². The summed E-state index contributed by atoms with van der Waals surface area (Å²) in [6.45, 7) is 12.2. The van der Waals surface area contributed by atoms with E-state index in [1.165, 1.54) is 40.3 Å². The van der Waals surface area contributed by atoms with E-state index in [9.17, 15) is 16.8 Å². The zero-order valence-electron chi connectivity index (χ0n) is 32.3. The van der Waals surface area contributed by atoms with Crippen LogP contribution in [0, 0.1) is 6.92 Å². The number of halogens is 1. The third kappa shape index (κ3) is 11.5. The summed E-state index contributed by atoms with van der Waals surface area (Å²) in [5.74, 6) is 1.83. The summed E-state index contributed by atoms with van der Waals surface area (Å²) >= 11 is 8.66. The number of piperazine rings is 2. The summed E-state index contributed by atoms with van der Waals surface area (Å²) in [5, 5.41) is 1.69. The number of aromatic nitrogens is 4. The van der Waals surface area contributed by atoms with E-state index >= 15 is 0 Å². The predicted octanol–water partition coefficient (Wildman–Crippen LogP) is 6.85. The molecule has 0 saturated carbocycles. The number of sulfonamides is 2. The molecule has 5 aromatic rings. The Kier molecular flexibility index (Phi) is 14.9. The van der Waals surface area contributed by atoms with Gasteiger partial charge in [0.15, 0.2) is 0 Å². The van der Waals surface area contributed by atoms with Crippen LogP contribution in [0.15, 0.2) is 91.5 Å². The highest BCUT2D eigenvalue weighted by atomic mass is 35.5. The van der Waals surface area contributed by atoms with Crippen LogP contribution in [0.5, 0.6) is 0 Å². The SMILES string of the molecule is C=CC(c1ccccc1)S(=O)(=O)N1CCN(c2nc(Cc3ccc(C)cc3)ns2)CC1.CCCCS(=O)(=O)N1CCN(c2nc(Cc3ccc(Cl)cc3)ns2)CC1. The fraction of sp³-hybridized carbons (Fsp3) is 0.400. The minimum atomic E-state index is -3.52. The second kappa shape index (κ2) is 19.8. The van der Waals surface area contributed by atoms with Gasteiger partial charge in [-0.3, -0.25) is 0 Å². The molecule has 3 aromatic carbocycles. The molecule has 0 amide bonds. The summed E-state index contributed by atoms with van der Waals surface area (Å²) in [5.41, 5.74) is 4.27. The van der Waals surface area contributed by atoms with Gasteiger partial charge in [-0.05, 0) is 42.2 Å².